The Morgan fingerprint density at radius 3 is 2.41 bits per heavy atom. The number of nitrogens with one attached hydrogen (secondary N) is 1. The van der Waals surface area contributed by atoms with Gasteiger partial charge >= 0.3 is 0 Å². The minimum absolute atomic E-state index is 0.156. The Hall–Kier alpha value is -0.160. The standard InChI is InChI=1S/C13H30N2O2/c1-7-8-14-12(13(2,3)17-6)11-15(4)9-10-16-5/h12,14H,7-11H2,1-6H3. The molecule has 0 spiro atoms. The smallest absolute Gasteiger partial charge is 0.0787 e. The van der Waals surface area contributed by atoms with E-state index in [9.17, 15) is 0 Å². The molecule has 0 amide bonds. The summed E-state index contributed by atoms with van der Waals surface area (Å²) in [6, 6.07) is 0.328. The molecule has 1 N–H and O–H groups in total. The summed E-state index contributed by atoms with van der Waals surface area (Å²) in [4.78, 5) is 2.28. The van der Waals surface area contributed by atoms with E-state index in [1.807, 2.05) is 0 Å². The van der Waals surface area contributed by atoms with Crippen LogP contribution in [-0.2, 0) is 9.47 Å². The molecule has 0 bridgehead atoms. The van der Waals surface area contributed by atoms with E-state index < -0.39 is 0 Å². The average molecular weight is 246 g/mol. The first-order valence-corrected chi connectivity index (χ1v) is 6.44. The van der Waals surface area contributed by atoms with Crippen molar-refractivity contribution in [2.24, 2.45) is 0 Å². The molecule has 0 aliphatic heterocycles. The van der Waals surface area contributed by atoms with Crippen LogP contribution in [0.2, 0.25) is 0 Å². The predicted octanol–water partition coefficient (Wildman–Crippen LogP) is 1.36. The summed E-state index contributed by atoms with van der Waals surface area (Å²) in [6.07, 6.45) is 1.14. The van der Waals surface area contributed by atoms with Gasteiger partial charge in [-0.25, -0.2) is 0 Å². The first-order chi connectivity index (χ1) is 7.97. The number of methoxy groups -OCH3 is 2. The molecule has 0 aromatic rings. The number of nitrogens with zero attached hydrogens (tertiary/aromatic N) is 1. The van der Waals surface area contributed by atoms with Crippen LogP contribution < -0.4 is 5.32 Å². The van der Waals surface area contributed by atoms with E-state index in [1.165, 1.54) is 0 Å². The molecule has 4 heteroatoms. The van der Waals surface area contributed by atoms with E-state index >= 15 is 0 Å². The minimum Gasteiger partial charge on any atom is -0.383 e. The maximum Gasteiger partial charge on any atom is 0.0787 e. The Kier molecular flexibility index (Phi) is 8.78. The van der Waals surface area contributed by atoms with Crippen LogP contribution in [0.4, 0.5) is 0 Å². The van der Waals surface area contributed by atoms with Gasteiger partial charge in [-0.1, -0.05) is 6.92 Å². The van der Waals surface area contributed by atoms with Crippen LogP contribution in [0.25, 0.3) is 0 Å². The Labute approximate surface area is 107 Å². The Balaban J connectivity index is 4.27. The number of hydrogen-bond acceptors (Lipinski definition) is 4. The Bertz CT molecular complexity index is 186. The molecule has 0 heterocycles. The number of rotatable bonds is 10. The van der Waals surface area contributed by atoms with Crippen molar-refractivity contribution in [3.8, 4) is 0 Å². The lowest BCUT2D eigenvalue weighted by Gasteiger charge is -2.36. The molecule has 1 unspecified atom stereocenters. The van der Waals surface area contributed by atoms with Crippen LogP contribution >= 0.6 is 0 Å². The molecule has 0 aliphatic rings. The number of hydrogen-bond donors (Lipinski definition) is 1. The summed E-state index contributed by atoms with van der Waals surface area (Å²) in [7, 11) is 5.63. The monoisotopic (exact) mass is 246 g/mol. The number of ether oxygens (including phenoxy) is 2. The van der Waals surface area contributed by atoms with Gasteiger partial charge in [-0.05, 0) is 33.9 Å². The molecule has 104 valence electrons. The zero-order valence-corrected chi connectivity index (χ0v) is 12.4. The Morgan fingerprint density at radius 2 is 1.94 bits per heavy atom. The highest BCUT2D eigenvalue weighted by molar-refractivity contribution is 4.87. The summed E-state index contributed by atoms with van der Waals surface area (Å²) in [5.74, 6) is 0. The first-order valence-electron chi connectivity index (χ1n) is 6.44. The molecule has 0 saturated carbocycles. The van der Waals surface area contributed by atoms with Gasteiger partial charge in [-0.2, -0.15) is 0 Å². The fourth-order valence-corrected chi connectivity index (χ4v) is 1.64. The van der Waals surface area contributed by atoms with E-state index in [0.29, 0.717) is 6.04 Å². The first kappa shape index (κ1) is 16.8. The highest BCUT2D eigenvalue weighted by Crippen LogP contribution is 2.14. The summed E-state index contributed by atoms with van der Waals surface area (Å²) in [5, 5.41) is 3.56. The van der Waals surface area contributed by atoms with Crippen molar-refractivity contribution >= 4 is 0 Å². The molecule has 0 fully saturated rings. The summed E-state index contributed by atoms with van der Waals surface area (Å²) in [6.45, 7) is 10.1. The van der Waals surface area contributed by atoms with Crippen molar-refractivity contribution in [2.75, 3.05) is 47.5 Å². The molecule has 0 aromatic heterocycles. The minimum atomic E-state index is -0.156. The van der Waals surface area contributed by atoms with Crippen molar-refractivity contribution in [1.29, 1.82) is 0 Å². The summed E-state index contributed by atoms with van der Waals surface area (Å²) >= 11 is 0. The van der Waals surface area contributed by atoms with Crippen molar-refractivity contribution in [3.63, 3.8) is 0 Å². The average Bonchev–Trinajstić information content (AvgIpc) is 2.31. The van der Waals surface area contributed by atoms with Crippen molar-refractivity contribution in [2.45, 2.75) is 38.8 Å². The van der Waals surface area contributed by atoms with Gasteiger partial charge in [0.15, 0.2) is 0 Å². The van der Waals surface area contributed by atoms with E-state index in [1.54, 1.807) is 14.2 Å². The lowest BCUT2D eigenvalue weighted by Crippen LogP contribution is -2.54. The fourth-order valence-electron chi connectivity index (χ4n) is 1.64. The Morgan fingerprint density at radius 1 is 1.29 bits per heavy atom. The largest absolute Gasteiger partial charge is 0.383 e. The summed E-state index contributed by atoms with van der Waals surface area (Å²) < 4.78 is 10.7. The second-order valence-corrected chi connectivity index (χ2v) is 5.07. The molecule has 1 atom stereocenters. The van der Waals surface area contributed by atoms with Gasteiger partial charge in [0.2, 0.25) is 0 Å². The maximum atomic E-state index is 5.58. The topological polar surface area (TPSA) is 33.7 Å². The molecule has 4 nitrogen and oxygen atoms in total. The van der Waals surface area contributed by atoms with Gasteiger partial charge in [0.1, 0.15) is 0 Å². The molecule has 0 aromatic carbocycles. The highest BCUT2D eigenvalue weighted by Gasteiger charge is 2.29. The van der Waals surface area contributed by atoms with Crippen molar-refractivity contribution < 1.29 is 9.47 Å². The summed E-state index contributed by atoms with van der Waals surface area (Å²) in [5.41, 5.74) is -0.156. The van der Waals surface area contributed by atoms with Gasteiger partial charge < -0.3 is 19.7 Å². The van der Waals surface area contributed by atoms with E-state index in [0.717, 1.165) is 32.7 Å². The van der Waals surface area contributed by atoms with Crippen LogP contribution in [-0.4, -0.2) is 64.1 Å². The van der Waals surface area contributed by atoms with Crippen LogP contribution in [0.1, 0.15) is 27.2 Å². The van der Waals surface area contributed by atoms with Gasteiger partial charge in [0, 0.05) is 33.4 Å². The van der Waals surface area contributed by atoms with E-state index in [4.69, 9.17) is 9.47 Å². The lowest BCUT2D eigenvalue weighted by atomic mass is 9.98. The fraction of sp³-hybridized carbons (Fsp3) is 1.00. The molecule has 0 rings (SSSR count). The zero-order valence-electron chi connectivity index (χ0n) is 12.4. The van der Waals surface area contributed by atoms with Crippen molar-refractivity contribution in [1.82, 2.24) is 10.2 Å². The third-order valence-corrected chi connectivity index (χ3v) is 3.18. The zero-order chi connectivity index (χ0) is 13.3. The van der Waals surface area contributed by atoms with Crippen LogP contribution in [0.5, 0.6) is 0 Å². The third-order valence-electron chi connectivity index (χ3n) is 3.18. The lowest BCUT2D eigenvalue weighted by molar-refractivity contribution is -0.0191. The van der Waals surface area contributed by atoms with Crippen LogP contribution in [0.3, 0.4) is 0 Å². The molecule has 0 aliphatic carbocycles. The van der Waals surface area contributed by atoms with Gasteiger partial charge in [-0.15, -0.1) is 0 Å². The molecule has 0 saturated heterocycles. The van der Waals surface area contributed by atoms with Gasteiger partial charge in [0.25, 0.3) is 0 Å². The van der Waals surface area contributed by atoms with Crippen LogP contribution in [0, 0.1) is 0 Å². The third kappa shape index (κ3) is 6.99. The van der Waals surface area contributed by atoms with Crippen molar-refractivity contribution in [3.05, 3.63) is 0 Å². The molecular formula is C13H30N2O2. The number of likely N-dealkylation sites (N-methyl/N-ethyl adjacent to an activating group) is 1. The van der Waals surface area contributed by atoms with E-state index in [-0.39, 0.29) is 5.60 Å². The SMILES string of the molecule is CCCNC(CN(C)CCOC)C(C)(C)OC. The second kappa shape index (κ2) is 8.86. The highest BCUT2D eigenvalue weighted by atomic mass is 16.5. The van der Waals surface area contributed by atoms with Gasteiger partial charge in [-0.3, -0.25) is 0 Å². The van der Waals surface area contributed by atoms with E-state index in [2.05, 4.69) is 38.0 Å². The molecule has 0 radical (unpaired) electrons. The van der Waals surface area contributed by atoms with Gasteiger partial charge in [0.05, 0.1) is 12.2 Å². The second-order valence-electron chi connectivity index (χ2n) is 5.07. The predicted molar refractivity (Wildman–Crippen MR) is 72.5 cm³/mol. The normalized spacial score (nSPS) is 14.3. The maximum absolute atomic E-state index is 5.58. The molecular weight excluding hydrogens is 216 g/mol. The quantitative estimate of drug-likeness (QED) is 0.631. The van der Waals surface area contributed by atoms with Crippen LogP contribution in [0.15, 0.2) is 0 Å². The molecule has 17 heavy (non-hydrogen) atoms.